The van der Waals surface area contributed by atoms with Gasteiger partial charge in [0.05, 0.1) is 0 Å². The third-order valence-corrected chi connectivity index (χ3v) is 3.51. The average molecular weight is 256 g/mol. The van der Waals surface area contributed by atoms with Crippen LogP contribution in [0.4, 0.5) is 4.79 Å². The van der Waals surface area contributed by atoms with Gasteiger partial charge < -0.3 is 15.4 Å². The second-order valence-electron chi connectivity index (χ2n) is 6.63. The van der Waals surface area contributed by atoms with Gasteiger partial charge in [0.25, 0.3) is 0 Å². The number of hydrogen-bond donors (Lipinski definition) is 1. The molecule has 1 aliphatic heterocycles. The first-order chi connectivity index (χ1) is 8.20. The number of carbonyl (C=O) groups excluding carboxylic acids is 1. The second-order valence-corrected chi connectivity index (χ2v) is 6.63. The van der Waals surface area contributed by atoms with Gasteiger partial charge in [-0.15, -0.1) is 0 Å². The Morgan fingerprint density at radius 1 is 1.28 bits per heavy atom. The lowest BCUT2D eigenvalue weighted by Crippen LogP contribution is -2.46. The summed E-state index contributed by atoms with van der Waals surface area (Å²) in [5.41, 5.74) is 5.77. The minimum absolute atomic E-state index is 0.195. The van der Waals surface area contributed by atoms with Crippen molar-refractivity contribution >= 4 is 6.09 Å². The molecule has 0 radical (unpaired) electrons. The molecule has 1 atom stereocenters. The molecule has 1 saturated heterocycles. The molecular formula is C14H28N2O2. The highest BCUT2D eigenvalue weighted by Crippen LogP contribution is 2.24. The molecule has 0 aromatic carbocycles. The van der Waals surface area contributed by atoms with Crippen molar-refractivity contribution in [3.05, 3.63) is 0 Å². The molecule has 0 unspecified atom stereocenters. The molecule has 0 bridgehead atoms. The fraction of sp³-hybridized carbons (Fsp3) is 0.929. The van der Waals surface area contributed by atoms with Gasteiger partial charge in [0.2, 0.25) is 0 Å². The van der Waals surface area contributed by atoms with E-state index in [2.05, 4.69) is 13.8 Å². The quantitative estimate of drug-likeness (QED) is 0.826. The zero-order valence-corrected chi connectivity index (χ0v) is 12.4. The highest BCUT2D eigenvalue weighted by atomic mass is 16.6. The molecule has 0 spiro atoms. The van der Waals surface area contributed by atoms with Crippen LogP contribution in [0.2, 0.25) is 0 Å². The summed E-state index contributed by atoms with van der Waals surface area (Å²) in [6.45, 7) is 11.5. The predicted molar refractivity (Wildman–Crippen MR) is 73.3 cm³/mol. The number of nitrogens with zero attached hydrogens (tertiary/aromatic N) is 1. The summed E-state index contributed by atoms with van der Waals surface area (Å²) < 4.78 is 5.38. The normalized spacial score (nSPS) is 20.1. The molecule has 0 saturated carbocycles. The van der Waals surface area contributed by atoms with Crippen molar-refractivity contribution in [3.63, 3.8) is 0 Å². The summed E-state index contributed by atoms with van der Waals surface area (Å²) >= 11 is 0. The number of amides is 1. The van der Waals surface area contributed by atoms with Crippen LogP contribution in [0.25, 0.3) is 0 Å². The van der Waals surface area contributed by atoms with E-state index in [0.29, 0.717) is 11.8 Å². The Labute approximate surface area is 111 Å². The first kappa shape index (κ1) is 15.3. The molecule has 0 aromatic rings. The maximum atomic E-state index is 11.9. The SMILES string of the molecule is CC(C)[C@@H](N)C1CCN(C(=O)OC(C)(C)C)CC1. The molecule has 4 nitrogen and oxygen atoms in total. The number of piperidine rings is 1. The Bertz CT molecular complexity index is 276. The number of nitrogens with two attached hydrogens (primary N) is 1. The summed E-state index contributed by atoms with van der Waals surface area (Å²) in [5.74, 6) is 1.03. The van der Waals surface area contributed by atoms with Gasteiger partial charge in [0.1, 0.15) is 5.60 Å². The van der Waals surface area contributed by atoms with Gasteiger partial charge in [-0.2, -0.15) is 0 Å². The van der Waals surface area contributed by atoms with Gasteiger partial charge in [-0.05, 0) is 45.4 Å². The minimum Gasteiger partial charge on any atom is -0.444 e. The molecule has 1 fully saturated rings. The second kappa shape index (κ2) is 5.91. The summed E-state index contributed by atoms with van der Waals surface area (Å²) in [6, 6.07) is 0.241. The smallest absolute Gasteiger partial charge is 0.410 e. The standard InChI is InChI=1S/C14H28N2O2/c1-10(2)12(15)11-6-8-16(9-7-11)13(17)18-14(3,4)5/h10-12H,6-9,15H2,1-5H3/t12-/m1/s1. The Hall–Kier alpha value is -0.770. The zero-order valence-electron chi connectivity index (χ0n) is 12.4. The number of carbonyl (C=O) groups is 1. The lowest BCUT2D eigenvalue weighted by atomic mass is 9.84. The van der Waals surface area contributed by atoms with Crippen LogP contribution in [0.3, 0.4) is 0 Å². The Morgan fingerprint density at radius 2 is 1.78 bits per heavy atom. The van der Waals surface area contributed by atoms with Gasteiger partial charge in [-0.1, -0.05) is 13.8 Å². The van der Waals surface area contributed by atoms with Crippen molar-refractivity contribution in [2.24, 2.45) is 17.6 Å². The van der Waals surface area contributed by atoms with Crippen molar-refractivity contribution in [1.82, 2.24) is 4.90 Å². The maximum absolute atomic E-state index is 11.9. The summed E-state index contributed by atoms with van der Waals surface area (Å²) in [5, 5.41) is 0. The van der Waals surface area contributed by atoms with Crippen molar-refractivity contribution in [2.45, 2.75) is 59.1 Å². The Morgan fingerprint density at radius 3 is 2.17 bits per heavy atom. The van der Waals surface area contributed by atoms with Crippen molar-refractivity contribution in [3.8, 4) is 0 Å². The molecule has 1 rings (SSSR count). The average Bonchev–Trinajstić information content (AvgIpc) is 2.26. The van der Waals surface area contributed by atoms with E-state index in [1.54, 1.807) is 4.90 Å². The van der Waals surface area contributed by atoms with E-state index < -0.39 is 5.60 Å². The van der Waals surface area contributed by atoms with Crippen LogP contribution in [0, 0.1) is 11.8 Å². The fourth-order valence-electron chi connectivity index (χ4n) is 2.34. The summed E-state index contributed by atoms with van der Waals surface area (Å²) in [6.07, 6.45) is 1.77. The van der Waals surface area contributed by atoms with Crippen LogP contribution in [0.1, 0.15) is 47.5 Å². The summed E-state index contributed by atoms with van der Waals surface area (Å²) in [7, 11) is 0. The number of hydrogen-bond acceptors (Lipinski definition) is 3. The predicted octanol–water partition coefficient (Wildman–Crippen LogP) is 2.62. The molecule has 18 heavy (non-hydrogen) atoms. The van der Waals surface area contributed by atoms with Crippen molar-refractivity contribution < 1.29 is 9.53 Å². The van der Waals surface area contributed by atoms with E-state index in [9.17, 15) is 4.79 Å². The molecule has 1 heterocycles. The Balaban J connectivity index is 2.42. The first-order valence-corrected chi connectivity index (χ1v) is 6.94. The number of likely N-dealkylation sites (tertiary alicyclic amines) is 1. The number of rotatable bonds is 2. The monoisotopic (exact) mass is 256 g/mol. The van der Waals surface area contributed by atoms with E-state index in [1.165, 1.54) is 0 Å². The lowest BCUT2D eigenvalue weighted by molar-refractivity contribution is 0.0168. The number of ether oxygens (including phenoxy) is 1. The zero-order chi connectivity index (χ0) is 13.9. The van der Waals surface area contributed by atoms with Crippen LogP contribution in [0.5, 0.6) is 0 Å². The van der Waals surface area contributed by atoms with Gasteiger partial charge in [0.15, 0.2) is 0 Å². The minimum atomic E-state index is -0.414. The molecule has 106 valence electrons. The third kappa shape index (κ3) is 4.48. The van der Waals surface area contributed by atoms with Crippen LogP contribution < -0.4 is 5.73 Å². The van der Waals surface area contributed by atoms with Crippen LogP contribution in [-0.4, -0.2) is 35.7 Å². The van der Waals surface area contributed by atoms with Gasteiger partial charge in [-0.25, -0.2) is 4.79 Å². The Kier molecular flexibility index (Phi) is 5.02. The van der Waals surface area contributed by atoms with Gasteiger partial charge in [-0.3, -0.25) is 0 Å². The highest BCUT2D eigenvalue weighted by molar-refractivity contribution is 5.68. The van der Waals surface area contributed by atoms with Gasteiger partial charge >= 0.3 is 6.09 Å². The molecule has 0 aromatic heterocycles. The molecule has 4 heteroatoms. The topological polar surface area (TPSA) is 55.6 Å². The maximum Gasteiger partial charge on any atom is 0.410 e. The van der Waals surface area contributed by atoms with Gasteiger partial charge in [0, 0.05) is 19.1 Å². The van der Waals surface area contributed by atoms with Crippen LogP contribution in [-0.2, 0) is 4.74 Å². The van der Waals surface area contributed by atoms with E-state index in [0.717, 1.165) is 25.9 Å². The lowest BCUT2D eigenvalue weighted by Gasteiger charge is -2.36. The first-order valence-electron chi connectivity index (χ1n) is 6.94. The third-order valence-electron chi connectivity index (χ3n) is 3.51. The van der Waals surface area contributed by atoms with Crippen molar-refractivity contribution in [2.75, 3.05) is 13.1 Å². The highest BCUT2D eigenvalue weighted by Gasteiger charge is 2.30. The summed E-state index contributed by atoms with van der Waals surface area (Å²) in [4.78, 5) is 13.7. The van der Waals surface area contributed by atoms with E-state index in [-0.39, 0.29) is 12.1 Å². The molecule has 1 amide bonds. The molecular weight excluding hydrogens is 228 g/mol. The fourth-order valence-corrected chi connectivity index (χ4v) is 2.34. The molecule has 2 N–H and O–H groups in total. The van der Waals surface area contributed by atoms with E-state index in [1.807, 2.05) is 20.8 Å². The molecule has 0 aliphatic carbocycles. The van der Waals surface area contributed by atoms with Crippen LogP contribution >= 0.6 is 0 Å². The van der Waals surface area contributed by atoms with Crippen molar-refractivity contribution in [1.29, 1.82) is 0 Å². The largest absolute Gasteiger partial charge is 0.444 e. The van der Waals surface area contributed by atoms with E-state index in [4.69, 9.17) is 10.5 Å². The van der Waals surface area contributed by atoms with Crippen LogP contribution in [0.15, 0.2) is 0 Å². The van der Waals surface area contributed by atoms with E-state index >= 15 is 0 Å². The molecule has 1 aliphatic rings.